The highest BCUT2D eigenvalue weighted by molar-refractivity contribution is 7.09. The van der Waals surface area contributed by atoms with Gasteiger partial charge in [0.25, 0.3) is 0 Å². The van der Waals surface area contributed by atoms with Crippen molar-refractivity contribution in [3.8, 4) is 0 Å². The monoisotopic (exact) mass is 258 g/mol. The first-order valence-electron chi connectivity index (χ1n) is 6.01. The van der Waals surface area contributed by atoms with Gasteiger partial charge in [-0.2, -0.15) is 0 Å². The van der Waals surface area contributed by atoms with Crippen LogP contribution >= 0.6 is 11.3 Å². The molecule has 1 rings (SSSR count). The summed E-state index contributed by atoms with van der Waals surface area (Å²) in [6, 6.07) is 0. The van der Waals surface area contributed by atoms with E-state index in [1.165, 1.54) is 4.88 Å². The molecule has 17 heavy (non-hydrogen) atoms. The van der Waals surface area contributed by atoms with E-state index in [-0.39, 0.29) is 0 Å². The molecule has 0 bridgehead atoms. The maximum atomic E-state index is 5.38. The Morgan fingerprint density at radius 2 is 2.18 bits per heavy atom. The quantitative estimate of drug-likeness (QED) is 0.652. The molecule has 0 radical (unpaired) electrons. The van der Waals surface area contributed by atoms with Crippen LogP contribution in [0.1, 0.15) is 23.4 Å². The summed E-state index contributed by atoms with van der Waals surface area (Å²) in [6.45, 7) is 6.22. The third kappa shape index (κ3) is 6.73. The molecule has 0 saturated carbocycles. The van der Waals surface area contributed by atoms with Crippen molar-refractivity contribution in [2.75, 3.05) is 33.5 Å². The number of thiazole rings is 1. The fraction of sp³-hybridized carbons (Fsp3) is 0.750. The van der Waals surface area contributed by atoms with Gasteiger partial charge in [0.2, 0.25) is 0 Å². The Morgan fingerprint density at radius 3 is 2.88 bits per heavy atom. The second kappa shape index (κ2) is 9.53. The van der Waals surface area contributed by atoms with Gasteiger partial charge in [-0.25, -0.2) is 4.98 Å². The second-order valence-electron chi connectivity index (χ2n) is 3.85. The first kappa shape index (κ1) is 14.6. The zero-order valence-electron chi connectivity index (χ0n) is 10.7. The van der Waals surface area contributed by atoms with Crippen molar-refractivity contribution in [3.63, 3.8) is 0 Å². The van der Waals surface area contributed by atoms with Gasteiger partial charge in [-0.05, 0) is 26.3 Å². The van der Waals surface area contributed by atoms with Crippen molar-refractivity contribution in [2.24, 2.45) is 0 Å². The summed E-state index contributed by atoms with van der Waals surface area (Å²) in [5.41, 5.74) is 3.04. The molecular formula is C12H22N2O2S. The van der Waals surface area contributed by atoms with Crippen molar-refractivity contribution in [1.29, 1.82) is 0 Å². The Balaban J connectivity index is 1.86. The average molecular weight is 258 g/mol. The summed E-state index contributed by atoms with van der Waals surface area (Å²) in [7, 11) is 1.69. The fourth-order valence-corrected chi connectivity index (χ4v) is 2.14. The standard InChI is InChI=1S/C12H22N2O2S/c1-11-12(17-10-14-11)9-13-5-3-4-6-16-8-7-15-2/h10,13H,3-9H2,1-2H3. The zero-order chi connectivity index (χ0) is 12.3. The number of ether oxygens (including phenoxy) is 2. The van der Waals surface area contributed by atoms with Crippen LogP contribution in [0.25, 0.3) is 0 Å². The van der Waals surface area contributed by atoms with E-state index in [0.29, 0.717) is 13.2 Å². The van der Waals surface area contributed by atoms with E-state index >= 15 is 0 Å². The third-order valence-electron chi connectivity index (χ3n) is 2.45. The highest BCUT2D eigenvalue weighted by atomic mass is 32.1. The molecular weight excluding hydrogens is 236 g/mol. The minimum absolute atomic E-state index is 0.683. The maximum absolute atomic E-state index is 5.38. The smallest absolute Gasteiger partial charge is 0.0798 e. The second-order valence-corrected chi connectivity index (χ2v) is 4.79. The largest absolute Gasteiger partial charge is 0.382 e. The van der Waals surface area contributed by atoms with Gasteiger partial charge in [0.1, 0.15) is 0 Å². The van der Waals surface area contributed by atoms with Gasteiger partial charge in [0.15, 0.2) is 0 Å². The minimum atomic E-state index is 0.683. The number of methoxy groups -OCH3 is 1. The van der Waals surface area contributed by atoms with Crippen LogP contribution in [0.15, 0.2) is 5.51 Å². The van der Waals surface area contributed by atoms with Crippen LogP contribution in [0.4, 0.5) is 0 Å². The first-order chi connectivity index (χ1) is 8.34. The van der Waals surface area contributed by atoms with E-state index in [2.05, 4.69) is 17.2 Å². The molecule has 1 aromatic rings. The van der Waals surface area contributed by atoms with Gasteiger partial charge in [0, 0.05) is 25.1 Å². The highest BCUT2D eigenvalue weighted by Crippen LogP contribution is 2.10. The molecule has 1 heterocycles. The maximum Gasteiger partial charge on any atom is 0.0798 e. The number of unbranched alkanes of at least 4 members (excludes halogenated alkanes) is 1. The van der Waals surface area contributed by atoms with Crippen molar-refractivity contribution in [3.05, 3.63) is 16.1 Å². The van der Waals surface area contributed by atoms with E-state index in [1.54, 1.807) is 18.4 Å². The molecule has 0 aliphatic carbocycles. The molecule has 0 fully saturated rings. The molecule has 0 amide bonds. The molecule has 1 aromatic heterocycles. The summed E-state index contributed by atoms with van der Waals surface area (Å²) < 4.78 is 10.3. The lowest BCUT2D eigenvalue weighted by Gasteiger charge is -2.05. The summed E-state index contributed by atoms with van der Waals surface area (Å²) in [5, 5.41) is 3.42. The number of rotatable bonds is 10. The molecule has 0 aliphatic heterocycles. The molecule has 5 heteroatoms. The topological polar surface area (TPSA) is 43.4 Å². The van der Waals surface area contributed by atoms with Crippen LogP contribution in [-0.4, -0.2) is 38.5 Å². The Hall–Kier alpha value is -0.490. The number of aryl methyl sites for hydroxylation is 1. The lowest BCUT2D eigenvalue weighted by Crippen LogP contribution is -2.15. The van der Waals surface area contributed by atoms with Crippen molar-refractivity contribution >= 4 is 11.3 Å². The van der Waals surface area contributed by atoms with Crippen LogP contribution in [0, 0.1) is 6.92 Å². The van der Waals surface area contributed by atoms with E-state index in [9.17, 15) is 0 Å². The van der Waals surface area contributed by atoms with Crippen LogP contribution in [0.5, 0.6) is 0 Å². The first-order valence-corrected chi connectivity index (χ1v) is 6.89. The van der Waals surface area contributed by atoms with E-state index in [0.717, 1.165) is 38.2 Å². The predicted molar refractivity (Wildman–Crippen MR) is 70.5 cm³/mol. The minimum Gasteiger partial charge on any atom is -0.382 e. The number of hydrogen-bond acceptors (Lipinski definition) is 5. The average Bonchev–Trinajstić information content (AvgIpc) is 2.73. The number of aromatic nitrogens is 1. The van der Waals surface area contributed by atoms with E-state index < -0.39 is 0 Å². The van der Waals surface area contributed by atoms with Crippen molar-refractivity contribution < 1.29 is 9.47 Å². The van der Waals surface area contributed by atoms with Crippen LogP contribution < -0.4 is 5.32 Å². The molecule has 0 spiro atoms. The van der Waals surface area contributed by atoms with Crippen LogP contribution in [-0.2, 0) is 16.0 Å². The Morgan fingerprint density at radius 1 is 1.29 bits per heavy atom. The van der Waals surface area contributed by atoms with Gasteiger partial charge < -0.3 is 14.8 Å². The summed E-state index contributed by atoms with van der Waals surface area (Å²) in [4.78, 5) is 5.55. The van der Waals surface area contributed by atoms with Gasteiger partial charge in [-0.1, -0.05) is 0 Å². The lowest BCUT2D eigenvalue weighted by atomic mass is 10.3. The highest BCUT2D eigenvalue weighted by Gasteiger charge is 1.99. The van der Waals surface area contributed by atoms with Gasteiger partial charge >= 0.3 is 0 Å². The molecule has 0 atom stereocenters. The zero-order valence-corrected chi connectivity index (χ0v) is 11.5. The molecule has 0 aromatic carbocycles. The van der Waals surface area contributed by atoms with Gasteiger partial charge in [-0.3, -0.25) is 0 Å². The number of hydrogen-bond donors (Lipinski definition) is 1. The fourth-order valence-electron chi connectivity index (χ4n) is 1.40. The molecule has 0 aliphatic rings. The molecule has 1 N–H and O–H groups in total. The normalized spacial score (nSPS) is 10.9. The van der Waals surface area contributed by atoms with Gasteiger partial charge in [0.05, 0.1) is 24.4 Å². The van der Waals surface area contributed by atoms with Crippen molar-refractivity contribution in [2.45, 2.75) is 26.3 Å². The molecule has 98 valence electrons. The third-order valence-corrected chi connectivity index (χ3v) is 3.39. The Kier molecular flexibility index (Phi) is 8.17. The van der Waals surface area contributed by atoms with Crippen LogP contribution in [0.3, 0.4) is 0 Å². The Bertz CT molecular complexity index is 292. The Labute approximate surface area is 107 Å². The van der Waals surface area contributed by atoms with E-state index in [1.807, 2.05) is 5.51 Å². The van der Waals surface area contributed by atoms with Gasteiger partial charge in [-0.15, -0.1) is 11.3 Å². The van der Waals surface area contributed by atoms with Crippen molar-refractivity contribution in [1.82, 2.24) is 10.3 Å². The molecule has 0 unspecified atom stereocenters. The molecule has 0 saturated heterocycles. The SMILES string of the molecule is COCCOCCCCNCc1scnc1C. The van der Waals surface area contributed by atoms with Crippen LogP contribution in [0.2, 0.25) is 0 Å². The number of nitrogens with zero attached hydrogens (tertiary/aromatic N) is 1. The lowest BCUT2D eigenvalue weighted by molar-refractivity contribution is 0.0688. The number of nitrogens with one attached hydrogen (secondary N) is 1. The van der Waals surface area contributed by atoms with E-state index in [4.69, 9.17) is 9.47 Å². The summed E-state index contributed by atoms with van der Waals surface area (Å²) in [5.74, 6) is 0. The molecule has 4 nitrogen and oxygen atoms in total. The summed E-state index contributed by atoms with van der Waals surface area (Å²) >= 11 is 1.71. The summed E-state index contributed by atoms with van der Waals surface area (Å²) in [6.07, 6.45) is 2.24. The predicted octanol–water partition coefficient (Wildman–Crippen LogP) is 1.98.